The molecule has 3 rings (SSSR count). The lowest BCUT2D eigenvalue weighted by atomic mass is 10.2. The van der Waals surface area contributed by atoms with Crippen LogP contribution in [0.2, 0.25) is 0 Å². The monoisotopic (exact) mass is 525 g/mol. The van der Waals surface area contributed by atoms with Crippen molar-refractivity contribution in [1.82, 2.24) is 4.90 Å². The number of hydrogen-bond acceptors (Lipinski definition) is 6. The Kier molecular flexibility index (Phi) is 6.47. The van der Waals surface area contributed by atoms with Gasteiger partial charge in [0.25, 0.3) is 5.91 Å². The van der Waals surface area contributed by atoms with E-state index in [2.05, 4.69) is 22.6 Å². The number of esters is 1. The summed E-state index contributed by atoms with van der Waals surface area (Å²) in [6, 6.07) is 13.8. The summed E-state index contributed by atoms with van der Waals surface area (Å²) in [4.78, 5) is 36.9. The fourth-order valence-electron chi connectivity index (χ4n) is 2.38. The minimum absolute atomic E-state index is 0.194. The van der Waals surface area contributed by atoms with Gasteiger partial charge in [-0.2, -0.15) is 0 Å². The molecule has 0 bridgehead atoms. The van der Waals surface area contributed by atoms with E-state index < -0.39 is 24.4 Å². The van der Waals surface area contributed by atoms with Gasteiger partial charge >= 0.3 is 11.9 Å². The Morgan fingerprint density at radius 3 is 2.68 bits per heavy atom. The number of thiocarbonyl (C=S) groups is 1. The zero-order valence-electron chi connectivity index (χ0n) is 14.1. The van der Waals surface area contributed by atoms with Crippen LogP contribution in [0.4, 0.5) is 0 Å². The van der Waals surface area contributed by atoms with E-state index in [0.717, 1.165) is 20.2 Å². The fourth-order valence-corrected chi connectivity index (χ4v) is 4.24. The zero-order chi connectivity index (χ0) is 20.3. The molecule has 6 nitrogen and oxygen atoms in total. The molecule has 0 aromatic heterocycles. The SMILES string of the molecule is O=C(O)CN1C(=O)/C(=C/c2cccc(OC(=O)c3ccccc3I)c2)SC1=S. The van der Waals surface area contributed by atoms with Crippen LogP contribution < -0.4 is 4.74 Å². The topological polar surface area (TPSA) is 83.9 Å². The Bertz CT molecular complexity index is 1020. The zero-order valence-corrected chi connectivity index (χ0v) is 17.9. The Morgan fingerprint density at radius 1 is 1.21 bits per heavy atom. The van der Waals surface area contributed by atoms with Crippen molar-refractivity contribution >= 4 is 74.8 Å². The number of ether oxygens (including phenoxy) is 1. The van der Waals surface area contributed by atoms with E-state index in [-0.39, 0.29) is 4.32 Å². The van der Waals surface area contributed by atoms with Crippen LogP contribution in [0, 0.1) is 3.57 Å². The summed E-state index contributed by atoms with van der Waals surface area (Å²) < 4.78 is 6.40. The van der Waals surface area contributed by atoms with Crippen molar-refractivity contribution < 1.29 is 24.2 Å². The Hall–Kier alpha value is -2.24. The van der Waals surface area contributed by atoms with Gasteiger partial charge in [-0.05, 0) is 58.5 Å². The number of carbonyl (C=O) groups excluding carboxylic acids is 2. The predicted molar refractivity (Wildman–Crippen MR) is 118 cm³/mol. The summed E-state index contributed by atoms with van der Waals surface area (Å²) in [7, 11) is 0. The highest BCUT2D eigenvalue weighted by atomic mass is 127. The summed E-state index contributed by atoms with van der Waals surface area (Å²) in [5, 5.41) is 8.89. The molecule has 1 heterocycles. The number of aliphatic carboxylic acids is 1. The molecule has 0 radical (unpaired) electrons. The second kappa shape index (κ2) is 8.84. The average molecular weight is 525 g/mol. The number of carbonyl (C=O) groups is 3. The van der Waals surface area contributed by atoms with Crippen molar-refractivity contribution in [1.29, 1.82) is 0 Å². The van der Waals surface area contributed by atoms with Gasteiger partial charge in [-0.3, -0.25) is 14.5 Å². The molecule has 0 spiro atoms. The first-order valence-corrected chi connectivity index (χ1v) is 10.2. The van der Waals surface area contributed by atoms with Gasteiger partial charge in [-0.15, -0.1) is 0 Å². The van der Waals surface area contributed by atoms with Crippen molar-refractivity contribution in [2.45, 2.75) is 0 Å². The van der Waals surface area contributed by atoms with Gasteiger partial charge in [0.1, 0.15) is 16.6 Å². The molecular weight excluding hydrogens is 513 g/mol. The van der Waals surface area contributed by atoms with E-state index >= 15 is 0 Å². The van der Waals surface area contributed by atoms with Gasteiger partial charge in [-0.25, -0.2) is 4.79 Å². The Morgan fingerprint density at radius 2 is 1.96 bits per heavy atom. The molecule has 1 aliphatic rings. The average Bonchev–Trinajstić information content (AvgIpc) is 2.89. The molecule has 0 unspecified atom stereocenters. The summed E-state index contributed by atoms with van der Waals surface area (Å²) in [6.45, 7) is -0.477. The second-order valence-corrected chi connectivity index (χ2v) is 8.44. The lowest BCUT2D eigenvalue weighted by molar-refractivity contribution is -0.140. The van der Waals surface area contributed by atoms with Gasteiger partial charge in [0.2, 0.25) is 0 Å². The van der Waals surface area contributed by atoms with Crippen LogP contribution >= 0.6 is 46.6 Å². The maximum atomic E-state index is 12.4. The highest BCUT2D eigenvalue weighted by molar-refractivity contribution is 14.1. The predicted octanol–water partition coefficient (Wildman–Crippen LogP) is 3.80. The molecule has 1 saturated heterocycles. The summed E-state index contributed by atoms with van der Waals surface area (Å²) in [6.07, 6.45) is 1.59. The normalized spacial score (nSPS) is 15.2. The number of nitrogens with zero attached hydrogens (tertiary/aromatic N) is 1. The van der Waals surface area contributed by atoms with Crippen molar-refractivity contribution in [3.05, 3.63) is 68.1 Å². The number of thioether (sulfide) groups is 1. The third kappa shape index (κ3) is 4.78. The quantitative estimate of drug-likeness (QED) is 0.209. The molecule has 2 aromatic carbocycles. The molecule has 1 fully saturated rings. The molecule has 0 aliphatic carbocycles. The molecule has 2 aromatic rings. The molecule has 1 aliphatic heterocycles. The molecule has 1 amide bonds. The van der Waals surface area contributed by atoms with E-state index in [1.807, 2.05) is 12.1 Å². The number of amides is 1. The maximum Gasteiger partial charge on any atom is 0.344 e. The lowest BCUT2D eigenvalue weighted by Crippen LogP contribution is -2.33. The van der Waals surface area contributed by atoms with Crippen LogP contribution in [-0.4, -0.2) is 38.7 Å². The van der Waals surface area contributed by atoms with E-state index in [4.69, 9.17) is 22.1 Å². The number of carboxylic acids is 1. The maximum absolute atomic E-state index is 12.4. The molecular formula is C19H12INO5S2. The van der Waals surface area contributed by atoms with Crippen LogP contribution in [0.1, 0.15) is 15.9 Å². The van der Waals surface area contributed by atoms with Crippen LogP contribution in [0.25, 0.3) is 6.08 Å². The summed E-state index contributed by atoms with van der Waals surface area (Å²) in [5.41, 5.74) is 1.09. The molecule has 142 valence electrons. The number of halogens is 1. The van der Waals surface area contributed by atoms with Crippen LogP contribution in [-0.2, 0) is 9.59 Å². The van der Waals surface area contributed by atoms with E-state index in [1.54, 1.807) is 42.5 Å². The third-order valence-electron chi connectivity index (χ3n) is 3.63. The van der Waals surface area contributed by atoms with Gasteiger partial charge in [0, 0.05) is 3.57 Å². The number of rotatable bonds is 5. The lowest BCUT2D eigenvalue weighted by Gasteiger charge is -2.10. The minimum Gasteiger partial charge on any atom is -0.480 e. The van der Waals surface area contributed by atoms with Crippen molar-refractivity contribution in [2.75, 3.05) is 6.54 Å². The van der Waals surface area contributed by atoms with Gasteiger partial charge in [-0.1, -0.05) is 48.2 Å². The van der Waals surface area contributed by atoms with Gasteiger partial charge < -0.3 is 9.84 Å². The smallest absolute Gasteiger partial charge is 0.344 e. The Labute approximate surface area is 183 Å². The van der Waals surface area contributed by atoms with Gasteiger partial charge in [0.15, 0.2) is 0 Å². The molecule has 9 heteroatoms. The minimum atomic E-state index is -1.14. The van der Waals surface area contributed by atoms with Crippen molar-refractivity contribution in [2.24, 2.45) is 0 Å². The standard InChI is InChI=1S/C19H12INO5S2/c20-14-7-2-1-6-13(14)18(25)26-12-5-3-4-11(8-12)9-15-17(24)21(10-16(22)23)19(27)28-15/h1-9H,10H2,(H,22,23)/b15-9-. The third-order valence-corrected chi connectivity index (χ3v) is 5.95. The summed E-state index contributed by atoms with van der Waals surface area (Å²) >= 11 is 8.17. The number of hydrogen-bond donors (Lipinski definition) is 1. The van der Waals surface area contributed by atoms with Crippen LogP contribution in [0.15, 0.2) is 53.4 Å². The van der Waals surface area contributed by atoms with Crippen molar-refractivity contribution in [3.8, 4) is 5.75 Å². The molecule has 1 N–H and O–H groups in total. The second-order valence-electron chi connectivity index (χ2n) is 5.60. The summed E-state index contributed by atoms with van der Waals surface area (Å²) in [5.74, 6) is -1.74. The number of benzene rings is 2. The molecule has 28 heavy (non-hydrogen) atoms. The van der Waals surface area contributed by atoms with Crippen molar-refractivity contribution in [3.63, 3.8) is 0 Å². The molecule has 0 saturated carbocycles. The first-order valence-electron chi connectivity index (χ1n) is 7.89. The fraction of sp³-hybridized carbons (Fsp3) is 0.0526. The largest absolute Gasteiger partial charge is 0.480 e. The first kappa shape index (κ1) is 20.5. The van der Waals surface area contributed by atoms with E-state index in [0.29, 0.717) is 21.8 Å². The number of carboxylic acid groups (broad SMARTS) is 1. The van der Waals surface area contributed by atoms with Gasteiger partial charge in [0.05, 0.1) is 10.5 Å². The Balaban J connectivity index is 1.79. The van der Waals surface area contributed by atoms with E-state index in [9.17, 15) is 14.4 Å². The highest BCUT2D eigenvalue weighted by Gasteiger charge is 2.33. The molecule has 0 atom stereocenters. The van der Waals surface area contributed by atoms with E-state index in [1.165, 1.54) is 0 Å². The first-order chi connectivity index (χ1) is 13.3. The van der Waals surface area contributed by atoms with Crippen LogP contribution in [0.5, 0.6) is 5.75 Å². The highest BCUT2D eigenvalue weighted by Crippen LogP contribution is 2.32. The van der Waals surface area contributed by atoms with Crippen LogP contribution in [0.3, 0.4) is 0 Å².